The van der Waals surface area contributed by atoms with E-state index < -0.39 is 0 Å². The van der Waals surface area contributed by atoms with Crippen LogP contribution in [0.4, 0.5) is 0 Å². The number of hydrogen-bond acceptors (Lipinski definition) is 2. The first kappa shape index (κ1) is 10.3. The highest BCUT2D eigenvalue weighted by Crippen LogP contribution is 2.36. The van der Waals surface area contributed by atoms with Crippen LogP contribution < -0.4 is 0 Å². The maximum absolute atomic E-state index is 12.3. The lowest BCUT2D eigenvalue weighted by atomic mass is 9.83. The Balaban J connectivity index is 1.81. The molecule has 0 bridgehead atoms. The lowest BCUT2D eigenvalue weighted by Crippen LogP contribution is -2.43. The van der Waals surface area contributed by atoms with Crippen LogP contribution in [0.1, 0.15) is 42.7 Å². The van der Waals surface area contributed by atoms with Crippen molar-refractivity contribution in [3.05, 3.63) is 21.9 Å². The molecular formula is C13H17NOS. The van der Waals surface area contributed by atoms with Gasteiger partial charge in [0.15, 0.2) is 0 Å². The second-order valence-corrected chi connectivity index (χ2v) is 5.89. The fourth-order valence-corrected chi connectivity index (χ4v) is 3.66. The molecule has 0 unspecified atom stereocenters. The third-order valence-electron chi connectivity index (χ3n) is 4.01. The average Bonchev–Trinajstić information content (AvgIpc) is 2.63. The van der Waals surface area contributed by atoms with Gasteiger partial charge in [-0.1, -0.05) is 6.42 Å². The highest BCUT2D eigenvalue weighted by molar-refractivity contribution is 7.10. The number of rotatable bonds is 1. The van der Waals surface area contributed by atoms with E-state index in [9.17, 15) is 4.79 Å². The number of hydrogen-bond donors (Lipinski definition) is 0. The Morgan fingerprint density at radius 3 is 3.00 bits per heavy atom. The van der Waals surface area contributed by atoms with Gasteiger partial charge in [0.25, 0.3) is 0 Å². The zero-order valence-electron chi connectivity index (χ0n) is 9.61. The summed E-state index contributed by atoms with van der Waals surface area (Å²) in [6, 6.07) is 2.48. The van der Waals surface area contributed by atoms with Gasteiger partial charge in [-0.15, -0.1) is 11.3 Å². The molecule has 2 heterocycles. The Labute approximate surface area is 100 Å². The van der Waals surface area contributed by atoms with Crippen LogP contribution in [0.25, 0.3) is 0 Å². The minimum Gasteiger partial charge on any atom is -0.335 e. The fraction of sp³-hybridized carbons (Fsp3) is 0.615. The maximum atomic E-state index is 12.3. The number of thiophene rings is 1. The van der Waals surface area contributed by atoms with Crippen molar-refractivity contribution < 1.29 is 4.79 Å². The summed E-state index contributed by atoms with van der Waals surface area (Å²) in [7, 11) is 0. The first-order valence-electron chi connectivity index (χ1n) is 6.14. The first-order valence-corrected chi connectivity index (χ1v) is 7.02. The summed E-state index contributed by atoms with van der Waals surface area (Å²) in [6.07, 6.45) is 4.51. The summed E-state index contributed by atoms with van der Waals surface area (Å²) in [4.78, 5) is 15.8. The van der Waals surface area contributed by atoms with Gasteiger partial charge >= 0.3 is 0 Å². The number of amides is 1. The normalized spacial score (nSPS) is 25.1. The van der Waals surface area contributed by atoms with E-state index in [0.29, 0.717) is 17.9 Å². The van der Waals surface area contributed by atoms with Gasteiger partial charge in [-0.25, -0.2) is 0 Å². The van der Waals surface area contributed by atoms with Crippen LogP contribution in [0.5, 0.6) is 0 Å². The molecule has 1 aromatic rings. The van der Waals surface area contributed by atoms with Gasteiger partial charge in [0.2, 0.25) is 5.91 Å². The molecule has 0 N–H and O–H groups in total. The minimum absolute atomic E-state index is 0.295. The van der Waals surface area contributed by atoms with E-state index in [-0.39, 0.29) is 0 Å². The van der Waals surface area contributed by atoms with Gasteiger partial charge in [0.1, 0.15) is 0 Å². The molecule has 1 aromatic heterocycles. The quantitative estimate of drug-likeness (QED) is 0.733. The first-order chi connectivity index (χ1) is 7.77. The van der Waals surface area contributed by atoms with Crippen LogP contribution in [-0.2, 0) is 11.2 Å². The Morgan fingerprint density at radius 2 is 2.31 bits per heavy atom. The molecule has 1 saturated carbocycles. The standard InChI is InChI=1S/C13H17NOS/c1-9-11-6-8-16-12(11)5-7-14(9)13(15)10-3-2-4-10/h6,8-10H,2-5,7H2,1H3/t9-/m0/s1. The van der Waals surface area contributed by atoms with Crippen molar-refractivity contribution in [3.8, 4) is 0 Å². The molecule has 1 fully saturated rings. The number of carbonyl (C=O) groups excluding carboxylic acids is 1. The zero-order valence-corrected chi connectivity index (χ0v) is 10.4. The van der Waals surface area contributed by atoms with Crippen molar-refractivity contribution in [2.24, 2.45) is 5.92 Å². The summed E-state index contributed by atoms with van der Waals surface area (Å²) in [5.41, 5.74) is 1.38. The van der Waals surface area contributed by atoms with Crippen molar-refractivity contribution in [3.63, 3.8) is 0 Å². The molecule has 1 amide bonds. The minimum atomic E-state index is 0.295. The number of fused-ring (bicyclic) bond motifs is 1. The van der Waals surface area contributed by atoms with Crippen LogP contribution in [-0.4, -0.2) is 17.4 Å². The third kappa shape index (κ3) is 1.49. The summed E-state index contributed by atoms with van der Waals surface area (Å²) in [5, 5.41) is 2.15. The maximum Gasteiger partial charge on any atom is 0.226 e. The second kappa shape index (κ2) is 3.88. The molecule has 0 spiro atoms. The zero-order chi connectivity index (χ0) is 11.1. The smallest absolute Gasteiger partial charge is 0.226 e. The van der Waals surface area contributed by atoms with Crippen LogP contribution in [0.2, 0.25) is 0 Å². The molecule has 16 heavy (non-hydrogen) atoms. The third-order valence-corrected chi connectivity index (χ3v) is 5.01. The van der Waals surface area contributed by atoms with Crippen LogP contribution >= 0.6 is 11.3 Å². The highest BCUT2D eigenvalue weighted by atomic mass is 32.1. The van der Waals surface area contributed by atoms with E-state index in [0.717, 1.165) is 25.8 Å². The molecule has 2 nitrogen and oxygen atoms in total. The Bertz CT molecular complexity index is 408. The van der Waals surface area contributed by atoms with Gasteiger partial charge in [-0.3, -0.25) is 4.79 Å². The largest absolute Gasteiger partial charge is 0.335 e. The molecule has 3 rings (SSSR count). The van der Waals surface area contributed by atoms with Gasteiger partial charge in [0.05, 0.1) is 6.04 Å². The summed E-state index contributed by atoms with van der Waals surface area (Å²) in [5.74, 6) is 0.734. The Kier molecular flexibility index (Phi) is 2.51. The lowest BCUT2D eigenvalue weighted by Gasteiger charge is -2.38. The van der Waals surface area contributed by atoms with Crippen molar-refractivity contribution in [2.45, 2.75) is 38.6 Å². The molecule has 0 saturated heterocycles. The lowest BCUT2D eigenvalue weighted by molar-refractivity contribution is -0.140. The monoisotopic (exact) mass is 235 g/mol. The molecule has 3 heteroatoms. The molecule has 86 valence electrons. The van der Waals surface area contributed by atoms with Gasteiger partial charge in [0, 0.05) is 17.3 Å². The van der Waals surface area contributed by atoms with Crippen LogP contribution in [0.15, 0.2) is 11.4 Å². The fourth-order valence-electron chi connectivity index (χ4n) is 2.70. The van der Waals surface area contributed by atoms with Gasteiger partial charge in [-0.05, 0) is 43.2 Å². The molecule has 2 aliphatic rings. The van der Waals surface area contributed by atoms with Crippen LogP contribution in [0.3, 0.4) is 0 Å². The molecule has 0 aromatic carbocycles. The van der Waals surface area contributed by atoms with E-state index in [1.807, 2.05) is 11.3 Å². The molecule has 1 aliphatic carbocycles. The van der Waals surface area contributed by atoms with Crippen LogP contribution in [0, 0.1) is 5.92 Å². The summed E-state index contributed by atoms with van der Waals surface area (Å²) >= 11 is 1.83. The van der Waals surface area contributed by atoms with E-state index in [1.165, 1.54) is 16.9 Å². The molecule has 1 atom stereocenters. The second-order valence-electron chi connectivity index (χ2n) is 4.88. The molecular weight excluding hydrogens is 218 g/mol. The van der Waals surface area contributed by atoms with Crippen molar-refractivity contribution in [1.29, 1.82) is 0 Å². The SMILES string of the molecule is C[C@H]1c2ccsc2CCN1C(=O)C1CCC1. The van der Waals surface area contributed by atoms with E-state index in [2.05, 4.69) is 23.3 Å². The van der Waals surface area contributed by atoms with E-state index in [4.69, 9.17) is 0 Å². The van der Waals surface area contributed by atoms with E-state index >= 15 is 0 Å². The Hall–Kier alpha value is -0.830. The van der Waals surface area contributed by atoms with E-state index in [1.54, 1.807) is 0 Å². The van der Waals surface area contributed by atoms with Crippen molar-refractivity contribution >= 4 is 17.2 Å². The number of nitrogens with zero attached hydrogens (tertiary/aromatic N) is 1. The summed E-state index contributed by atoms with van der Waals surface area (Å²) in [6.45, 7) is 3.09. The summed E-state index contributed by atoms with van der Waals surface area (Å²) < 4.78 is 0. The Morgan fingerprint density at radius 1 is 1.50 bits per heavy atom. The predicted molar refractivity (Wildman–Crippen MR) is 65.5 cm³/mol. The average molecular weight is 235 g/mol. The van der Waals surface area contributed by atoms with Crippen molar-refractivity contribution in [1.82, 2.24) is 4.90 Å². The van der Waals surface area contributed by atoms with Gasteiger partial charge in [-0.2, -0.15) is 0 Å². The topological polar surface area (TPSA) is 20.3 Å². The van der Waals surface area contributed by atoms with Crippen molar-refractivity contribution in [2.75, 3.05) is 6.54 Å². The van der Waals surface area contributed by atoms with Gasteiger partial charge < -0.3 is 4.90 Å². The molecule has 1 aliphatic heterocycles. The molecule has 0 radical (unpaired) electrons. The number of carbonyl (C=O) groups is 1. The predicted octanol–water partition coefficient (Wildman–Crippen LogP) is 2.99. The highest BCUT2D eigenvalue weighted by Gasteiger charge is 2.34.